The SMILES string of the molecule is c1ccc(N(c2ccccc2-c2ccc3ccc4ccccc4c3c2)c2cccc3oc4ccccc4c23)c(-c2ccc(-c3ccc4ccccc4c3)cc2)c1. The van der Waals surface area contributed by atoms with Gasteiger partial charge in [0.2, 0.25) is 0 Å². The van der Waals surface area contributed by atoms with Crippen molar-refractivity contribution in [1.29, 1.82) is 0 Å². The zero-order valence-electron chi connectivity index (χ0n) is 30.6. The normalized spacial score (nSPS) is 11.6. The minimum absolute atomic E-state index is 0.862. The summed E-state index contributed by atoms with van der Waals surface area (Å²) in [4.78, 5) is 2.44. The second kappa shape index (κ2) is 13.2. The van der Waals surface area contributed by atoms with Crippen molar-refractivity contribution >= 4 is 71.3 Å². The van der Waals surface area contributed by atoms with Gasteiger partial charge in [0, 0.05) is 16.5 Å². The van der Waals surface area contributed by atoms with E-state index in [4.69, 9.17) is 4.42 Å². The van der Waals surface area contributed by atoms with E-state index in [-0.39, 0.29) is 0 Å². The smallest absolute Gasteiger partial charge is 0.137 e. The van der Waals surface area contributed by atoms with E-state index in [1.54, 1.807) is 0 Å². The van der Waals surface area contributed by atoms with Crippen LogP contribution in [0.15, 0.2) is 217 Å². The topological polar surface area (TPSA) is 16.4 Å². The van der Waals surface area contributed by atoms with Gasteiger partial charge in [-0.25, -0.2) is 0 Å². The predicted octanol–water partition coefficient (Wildman–Crippen LogP) is 15.5. The molecule has 11 aromatic rings. The lowest BCUT2D eigenvalue weighted by Gasteiger charge is -2.30. The van der Waals surface area contributed by atoms with E-state index < -0.39 is 0 Å². The average Bonchev–Trinajstić information content (AvgIpc) is 3.66. The third kappa shape index (κ3) is 5.34. The summed E-state index contributed by atoms with van der Waals surface area (Å²) >= 11 is 0. The lowest BCUT2D eigenvalue weighted by molar-refractivity contribution is 0.669. The van der Waals surface area contributed by atoms with Crippen molar-refractivity contribution in [3.8, 4) is 33.4 Å². The molecule has 0 aliphatic rings. The summed E-state index contributed by atoms with van der Waals surface area (Å²) in [5.41, 5.74) is 12.0. The maximum Gasteiger partial charge on any atom is 0.137 e. The average molecular weight is 714 g/mol. The Morgan fingerprint density at radius 2 is 0.804 bits per heavy atom. The van der Waals surface area contributed by atoms with Crippen LogP contribution in [0.4, 0.5) is 17.1 Å². The van der Waals surface area contributed by atoms with Gasteiger partial charge in [0.1, 0.15) is 11.2 Å². The fourth-order valence-electron chi connectivity index (χ4n) is 8.54. The summed E-state index contributed by atoms with van der Waals surface area (Å²) in [7, 11) is 0. The molecule has 11 rings (SSSR count). The molecule has 262 valence electrons. The summed E-state index contributed by atoms with van der Waals surface area (Å²) in [6.45, 7) is 0. The Labute approximate surface area is 325 Å². The number of hydrogen-bond acceptors (Lipinski definition) is 2. The summed E-state index contributed by atoms with van der Waals surface area (Å²) < 4.78 is 6.49. The lowest BCUT2D eigenvalue weighted by Crippen LogP contribution is -2.12. The van der Waals surface area contributed by atoms with Crippen LogP contribution in [0.3, 0.4) is 0 Å². The molecule has 2 nitrogen and oxygen atoms in total. The molecule has 0 fully saturated rings. The fourth-order valence-corrected chi connectivity index (χ4v) is 8.54. The number of nitrogens with zero attached hydrogens (tertiary/aromatic N) is 1. The van der Waals surface area contributed by atoms with Gasteiger partial charge in [-0.3, -0.25) is 0 Å². The van der Waals surface area contributed by atoms with Crippen molar-refractivity contribution in [3.05, 3.63) is 212 Å². The van der Waals surface area contributed by atoms with Crippen molar-refractivity contribution in [1.82, 2.24) is 0 Å². The van der Waals surface area contributed by atoms with Gasteiger partial charge in [-0.15, -0.1) is 0 Å². The molecule has 0 radical (unpaired) electrons. The second-order valence-corrected chi connectivity index (χ2v) is 14.5. The first kappa shape index (κ1) is 32.0. The van der Waals surface area contributed by atoms with E-state index in [1.165, 1.54) is 43.4 Å². The van der Waals surface area contributed by atoms with Gasteiger partial charge in [-0.1, -0.05) is 170 Å². The molecule has 0 amide bonds. The van der Waals surface area contributed by atoms with Gasteiger partial charge in [-0.2, -0.15) is 0 Å². The van der Waals surface area contributed by atoms with Crippen LogP contribution in [0.2, 0.25) is 0 Å². The van der Waals surface area contributed by atoms with Gasteiger partial charge in [0.25, 0.3) is 0 Å². The lowest BCUT2D eigenvalue weighted by atomic mass is 9.94. The van der Waals surface area contributed by atoms with E-state index in [1.807, 2.05) is 6.07 Å². The van der Waals surface area contributed by atoms with E-state index in [9.17, 15) is 0 Å². The van der Waals surface area contributed by atoms with Gasteiger partial charge in [0.05, 0.1) is 22.4 Å². The van der Waals surface area contributed by atoms with Crippen LogP contribution in [-0.2, 0) is 0 Å². The summed E-state index contributed by atoms with van der Waals surface area (Å²) in [5, 5.41) is 9.65. The quantitative estimate of drug-likeness (QED) is 0.160. The third-order valence-corrected chi connectivity index (χ3v) is 11.2. The molecule has 0 saturated heterocycles. The van der Waals surface area contributed by atoms with Gasteiger partial charge < -0.3 is 9.32 Å². The summed E-state index contributed by atoms with van der Waals surface area (Å²) in [5.74, 6) is 0. The molecule has 0 aliphatic heterocycles. The molecule has 0 bridgehead atoms. The highest BCUT2D eigenvalue weighted by molar-refractivity contribution is 6.15. The van der Waals surface area contributed by atoms with Crippen LogP contribution >= 0.6 is 0 Å². The zero-order valence-corrected chi connectivity index (χ0v) is 30.6. The highest BCUT2D eigenvalue weighted by Crippen LogP contribution is 2.48. The van der Waals surface area contributed by atoms with E-state index in [2.05, 4.69) is 211 Å². The first-order chi connectivity index (χ1) is 27.8. The molecule has 10 aromatic carbocycles. The van der Waals surface area contributed by atoms with E-state index in [0.717, 1.165) is 61.3 Å². The Morgan fingerprint density at radius 3 is 1.61 bits per heavy atom. The fraction of sp³-hybridized carbons (Fsp3) is 0. The van der Waals surface area contributed by atoms with Crippen LogP contribution in [0.25, 0.3) is 87.6 Å². The van der Waals surface area contributed by atoms with Crippen molar-refractivity contribution in [2.75, 3.05) is 4.90 Å². The number of rotatable bonds is 6. The van der Waals surface area contributed by atoms with Crippen molar-refractivity contribution < 1.29 is 4.42 Å². The molecule has 2 heteroatoms. The summed E-state index contributed by atoms with van der Waals surface area (Å²) in [6, 6.07) is 76.6. The highest BCUT2D eigenvalue weighted by atomic mass is 16.3. The monoisotopic (exact) mass is 713 g/mol. The Morgan fingerprint density at radius 1 is 0.286 bits per heavy atom. The van der Waals surface area contributed by atoms with Gasteiger partial charge in [0.15, 0.2) is 0 Å². The molecular formula is C54H35NO. The largest absolute Gasteiger partial charge is 0.456 e. The third-order valence-electron chi connectivity index (χ3n) is 11.2. The first-order valence-corrected chi connectivity index (χ1v) is 19.2. The standard InChI is InChI=1S/C54H35NO/c1-2-14-41-34-42(32-26-36(41)12-1)37-24-27-39(28-25-37)45-16-5-8-19-49(45)55(51-21-11-23-53-54(51)47-18-7-10-22-52(47)56-53)50-20-9-6-17-46(50)43-33-31-40-30-29-38-13-3-4-15-44(38)48(40)35-43/h1-35H. The number of hydrogen-bond donors (Lipinski definition) is 0. The molecule has 0 aliphatic carbocycles. The predicted molar refractivity (Wildman–Crippen MR) is 237 cm³/mol. The molecule has 0 unspecified atom stereocenters. The molecular weight excluding hydrogens is 679 g/mol. The van der Waals surface area contributed by atoms with Crippen LogP contribution in [0.1, 0.15) is 0 Å². The Balaban J connectivity index is 1.12. The maximum atomic E-state index is 6.49. The molecule has 0 saturated carbocycles. The van der Waals surface area contributed by atoms with Gasteiger partial charge in [-0.05, 0) is 97.0 Å². The molecule has 1 aromatic heterocycles. The van der Waals surface area contributed by atoms with E-state index >= 15 is 0 Å². The first-order valence-electron chi connectivity index (χ1n) is 19.2. The Bertz CT molecular complexity index is 3260. The molecule has 0 atom stereocenters. The Hall–Kier alpha value is -7.42. The van der Waals surface area contributed by atoms with Crippen molar-refractivity contribution in [2.45, 2.75) is 0 Å². The minimum atomic E-state index is 0.862. The molecule has 56 heavy (non-hydrogen) atoms. The van der Waals surface area contributed by atoms with Crippen molar-refractivity contribution in [2.24, 2.45) is 0 Å². The summed E-state index contributed by atoms with van der Waals surface area (Å²) in [6.07, 6.45) is 0. The van der Waals surface area contributed by atoms with Gasteiger partial charge >= 0.3 is 0 Å². The number of benzene rings is 10. The Kier molecular flexibility index (Phi) is 7.53. The minimum Gasteiger partial charge on any atom is -0.456 e. The van der Waals surface area contributed by atoms with Crippen LogP contribution in [0, 0.1) is 0 Å². The second-order valence-electron chi connectivity index (χ2n) is 14.5. The zero-order chi connectivity index (χ0) is 37.0. The van der Waals surface area contributed by atoms with Crippen LogP contribution in [-0.4, -0.2) is 0 Å². The molecule has 0 spiro atoms. The molecule has 1 heterocycles. The number of furan rings is 1. The number of anilines is 3. The maximum absolute atomic E-state index is 6.49. The van der Waals surface area contributed by atoms with Crippen LogP contribution < -0.4 is 4.90 Å². The number of fused-ring (bicyclic) bond motifs is 7. The van der Waals surface area contributed by atoms with E-state index in [0.29, 0.717) is 0 Å². The molecule has 0 N–H and O–H groups in total. The van der Waals surface area contributed by atoms with Crippen LogP contribution in [0.5, 0.6) is 0 Å². The van der Waals surface area contributed by atoms with Crippen molar-refractivity contribution in [3.63, 3.8) is 0 Å². The highest BCUT2D eigenvalue weighted by Gasteiger charge is 2.24. The number of para-hydroxylation sites is 3.